The van der Waals surface area contributed by atoms with Crippen LogP contribution < -0.4 is 5.32 Å². The minimum absolute atomic E-state index is 0.0517. The second-order valence-electron chi connectivity index (χ2n) is 3.19. The average Bonchev–Trinajstić information content (AvgIpc) is 2.24. The van der Waals surface area contributed by atoms with Gasteiger partial charge in [0.05, 0.1) is 18.2 Å². The second-order valence-corrected chi connectivity index (χ2v) is 3.60. The molecule has 16 heavy (non-hydrogen) atoms. The zero-order valence-electron chi connectivity index (χ0n) is 9.00. The average molecular weight is 244 g/mol. The van der Waals surface area contributed by atoms with Crippen LogP contribution in [0.5, 0.6) is 5.75 Å². The Morgan fingerprint density at radius 1 is 1.56 bits per heavy atom. The second kappa shape index (κ2) is 6.35. The van der Waals surface area contributed by atoms with Crippen LogP contribution in [0.2, 0.25) is 5.02 Å². The number of aromatic hydroxyl groups is 1. The molecule has 0 aliphatic carbocycles. The van der Waals surface area contributed by atoms with Gasteiger partial charge in [0.2, 0.25) is 0 Å². The molecule has 0 saturated carbocycles. The van der Waals surface area contributed by atoms with E-state index in [-0.39, 0.29) is 18.3 Å². The molecular weight excluding hydrogens is 230 g/mol. The van der Waals surface area contributed by atoms with E-state index in [9.17, 15) is 9.90 Å². The van der Waals surface area contributed by atoms with Gasteiger partial charge in [-0.25, -0.2) is 0 Å². The maximum absolute atomic E-state index is 11.0. The van der Waals surface area contributed by atoms with Crippen LogP contribution in [0.1, 0.15) is 12.5 Å². The Labute approximate surface area is 99.2 Å². The van der Waals surface area contributed by atoms with E-state index in [4.69, 9.17) is 16.3 Å². The number of phenols is 1. The van der Waals surface area contributed by atoms with E-state index < -0.39 is 0 Å². The standard InChI is InChI=1S/C11H14ClNO3/c1-2-16-11(15)7-13-6-8-3-4-10(14)9(12)5-8/h3-5,13-14H,2,6-7H2,1H3. The third-order valence-electron chi connectivity index (χ3n) is 1.92. The van der Waals surface area contributed by atoms with Crippen molar-refractivity contribution in [1.29, 1.82) is 0 Å². The number of phenolic OH excluding ortho intramolecular Hbond substituents is 1. The van der Waals surface area contributed by atoms with Crippen molar-refractivity contribution >= 4 is 17.6 Å². The number of esters is 1. The fraction of sp³-hybridized carbons (Fsp3) is 0.364. The van der Waals surface area contributed by atoms with Gasteiger partial charge in [0.15, 0.2) is 0 Å². The topological polar surface area (TPSA) is 58.6 Å². The number of halogens is 1. The van der Waals surface area contributed by atoms with E-state index in [0.29, 0.717) is 18.2 Å². The van der Waals surface area contributed by atoms with Crippen LogP contribution in [0.4, 0.5) is 0 Å². The molecule has 0 aliphatic rings. The number of nitrogens with one attached hydrogen (secondary N) is 1. The lowest BCUT2D eigenvalue weighted by molar-refractivity contribution is -0.142. The van der Waals surface area contributed by atoms with Crippen molar-refractivity contribution in [2.75, 3.05) is 13.2 Å². The lowest BCUT2D eigenvalue weighted by Gasteiger charge is -2.05. The van der Waals surface area contributed by atoms with E-state index in [0.717, 1.165) is 5.56 Å². The van der Waals surface area contributed by atoms with Gasteiger partial charge < -0.3 is 15.2 Å². The van der Waals surface area contributed by atoms with Gasteiger partial charge in [-0.3, -0.25) is 4.79 Å². The smallest absolute Gasteiger partial charge is 0.319 e. The van der Waals surface area contributed by atoms with Crippen molar-refractivity contribution in [3.8, 4) is 5.75 Å². The molecule has 0 heterocycles. The Kier molecular flexibility index (Phi) is 5.08. The number of benzene rings is 1. The zero-order chi connectivity index (χ0) is 12.0. The molecule has 4 nitrogen and oxygen atoms in total. The first-order valence-corrected chi connectivity index (χ1v) is 5.35. The van der Waals surface area contributed by atoms with Crippen molar-refractivity contribution in [2.45, 2.75) is 13.5 Å². The van der Waals surface area contributed by atoms with Gasteiger partial charge >= 0.3 is 5.97 Å². The SMILES string of the molecule is CCOC(=O)CNCc1ccc(O)c(Cl)c1. The summed E-state index contributed by atoms with van der Waals surface area (Å²) in [5.41, 5.74) is 0.895. The van der Waals surface area contributed by atoms with E-state index in [1.807, 2.05) is 0 Å². The molecule has 0 spiro atoms. The maximum atomic E-state index is 11.0. The highest BCUT2D eigenvalue weighted by molar-refractivity contribution is 6.32. The van der Waals surface area contributed by atoms with Gasteiger partial charge in [0.1, 0.15) is 5.75 Å². The van der Waals surface area contributed by atoms with E-state index >= 15 is 0 Å². The van der Waals surface area contributed by atoms with Gasteiger partial charge in [-0.05, 0) is 24.6 Å². The molecule has 0 radical (unpaired) electrons. The quantitative estimate of drug-likeness (QED) is 0.773. The van der Waals surface area contributed by atoms with Gasteiger partial charge in [-0.15, -0.1) is 0 Å². The highest BCUT2D eigenvalue weighted by Crippen LogP contribution is 2.23. The summed E-state index contributed by atoms with van der Waals surface area (Å²) in [6, 6.07) is 4.90. The van der Waals surface area contributed by atoms with Crippen LogP contribution in [0.3, 0.4) is 0 Å². The Bertz CT molecular complexity index is 368. The monoisotopic (exact) mass is 243 g/mol. The highest BCUT2D eigenvalue weighted by Gasteiger charge is 2.02. The van der Waals surface area contributed by atoms with E-state index in [2.05, 4.69) is 5.32 Å². The molecule has 0 atom stereocenters. The van der Waals surface area contributed by atoms with Crippen LogP contribution in [0, 0.1) is 0 Å². The number of ether oxygens (including phenoxy) is 1. The molecule has 0 saturated heterocycles. The Balaban J connectivity index is 2.37. The molecule has 2 N–H and O–H groups in total. The first-order chi connectivity index (χ1) is 7.63. The summed E-state index contributed by atoms with van der Waals surface area (Å²) in [6.45, 7) is 2.80. The Morgan fingerprint density at radius 2 is 2.31 bits per heavy atom. The van der Waals surface area contributed by atoms with Crippen molar-refractivity contribution in [3.05, 3.63) is 28.8 Å². The predicted molar refractivity (Wildman–Crippen MR) is 61.5 cm³/mol. The number of carbonyl (C=O) groups is 1. The Morgan fingerprint density at radius 3 is 2.94 bits per heavy atom. The molecule has 0 aliphatic heterocycles. The van der Waals surface area contributed by atoms with E-state index in [1.54, 1.807) is 19.1 Å². The lowest BCUT2D eigenvalue weighted by Crippen LogP contribution is -2.24. The molecule has 1 aromatic carbocycles. The molecule has 88 valence electrons. The minimum Gasteiger partial charge on any atom is -0.506 e. The van der Waals surface area contributed by atoms with Crippen LogP contribution in [-0.2, 0) is 16.1 Å². The lowest BCUT2D eigenvalue weighted by atomic mass is 10.2. The number of rotatable bonds is 5. The molecule has 0 aromatic heterocycles. The highest BCUT2D eigenvalue weighted by atomic mass is 35.5. The van der Waals surface area contributed by atoms with Crippen LogP contribution in [0.25, 0.3) is 0 Å². The summed E-state index contributed by atoms with van der Waals surface area (Å²) in [7, 11) is 0. The zero-order valence-corrected chi connectivity index (χ0v) is 9.75. The first kappa shape index (κ1) is 12.8. The molecule has 0 bridgehead atoms. The van der Waals surface area contributed by atoms with Crippen molar-refractivity contribution in [1.82, 2.24) is 5.32 Å². The number of hydrogen-bond donors (Lipinski definition) is 2. The van der Waals surface area contributed by atoms with Gasteiger partial charge in [-0.2, -0.15) is 0 Å². The summed E-state index contributed by atoms with van der Waals surface area (Å²) < 4.78 is 4.76. The number of carbonyl (C=O) groups excluding carboxylic acids is 1. The van der Waals surface area contributed by atoms with Gasteiger partial charge in [-0.1, -0.05) is 17.7 Å². The summed E-state index contributed by atoms with van der Waals surface area (Å²) in [5, 5.41) is 12.4. The first-order valence-electron chi connectivity index (χ1n) is 4.97. The molecular formula is C11H14ClNO3. The summed E-state index contributed by atoms with van der Waals surface area (Å²) in [5.74, 6) is -0.233. The number of hydrogen-bond acceptors (Lipinski definition) is 4. The fourth-order valence-electron chi connectivity index (χ4n) is 1.18. The van der Waals surface area contributed by atoms with Crippen molar-refractivity contribution in [2.24, 2.45) is 0 Å². The molecule has 0 unspecified atom stereocenters. The Hall–Kier alpha value is -1.26. The molecule has 1 aromatic rings. The summed E-state index contributed by atoms with van der Waals surface area (Å²) in [4.78, 5) is 11.0. The minimum atomic E-state index is -0.285. The third-order valence-corrected chi connectivity index (χ3v) is 2.22. The van der Waals surface area contributed by atoms with Gasteiger partial charge in [0, 0.05) is 6.54 Å². The molecule has 1 rings (SSSR count). The fourth-order valence-corrected chi connectivity index (χ4v) is 1.38. The predicted octanol–water partition coefficient (Wildman–Crippen LogP) is 1.70. The normalized spacial score (nSPS) is 10.1. The van der Waals surface area contributed by atoms with Crippen molar-refractivity contribution < 1.29 is 14.6 Å². The van der Waals surface area contributed by atoms with Gasteiger partial charge in [0.25, 0.3) is 0 Å². The van der Waals surface area contributed by atoms with E-state index in [1.165, 1.54) is 6.07 Å². The molecule has 0 fully saturated rings. The summed E-state index contributed by atoms with van der Waals surface area (Å²) >= 11 is 5.74. The molecule has 5 heteroatoms. The third kappa shape index (κ3) is 4.08. The largest absolute Gasteiger partial charge is 0.506 e. The van der Waals surface area contributed by atoms with Crippen LogP contribution in [-0.4, -0.2) is 24.2 Å². The summed E-state index contributed by atoms with van der Waals surface area (Å²) in [6.07, 6.45) is 0. The molecule has 0 amide bonds. The van der Waals surface area contributed by atoms with Crippen molar-refractivity contribution in [3.63, 3.8) is 0 Å². The van der Waals surface area contributed by atoms with Crippen LogP contribution in [0.15, 0.2) is 18.2 Å². The maximum Gasteiger partial charge on any atom is 0.319 e. The van der Waals surface area contributed by atoms with Crippen LogP contribution >= 0.6 is 11.6 Å².